The Kier molecular flexibility index (Phi) is 4.07. The molecule has 1 aromatic carbocycles. The van der Waals surface area contributed by atoms with Crippen LogP contribution in [0.3, 0.4) is 0 Å². The molecule has 0 amide bonds. The van der Waals surface area contributed by atoms with Crippen LogP contribution in [0.5, 0.6) is 5.75 Å². The molecule has 0 aromatic heterocycles. The maximum atomic E-state index is 11.7. The van der Waals surface area contributed by atoms with E-state index < -0.39 is 0 Å². The van der Waals surface area contributed by atoms with Gasteiger partial charge in [-0.3, -0.25) is 4.79 Å². The number of methoxy groups -OCH3 is 1. The summed E-state index contributed by atoms with van der Waals surface area (Å²) in [7, 11) is 1.62. The summed E-state index contributed by atoms with van der Waals surface area (Å²) in [6, 6.07) is 5.60. The van der Waals surface area contributed by atoms with E-state index in [9.17, 15) is 4.79 Å². The molecule has 0 saturated heterocycles. The molecule has 0 radical (unpaired) electrons. The number of benzene rings is 1. The number of nitriles is 1. The van der Waals surface area contributed by atoms with Gasteiger partial charge in [0, 0.05) is 18.4 Å². The maximum Gasteiger partial charge on any atom is 0.163 e. The van der Waals surface area contributed by atoms with Gasteiger partial charge in [-0.05, 0) is 37.1 Å². The van der Waals surface area contributed by atoms with Crippen molar-refractivity contribution in [1.82, 2.24) is 0 Å². The van der Waals surface area contributed by atoms with Gasteiger partial charge < -0.3 is 4.74 Å². The Hall–Kier alpha value is -1.82. The van der Waals surface area contributed by atoms with Gasteiger partial charge in [0.05, 0.1) is 13.2 Å². The SMILES string of the molecule is COc1c(C)cc(C(=O)CCC#N)cc1C. The first kappa shape index (κ1) is 12.3. The minimum absolute atomic E-state index is 0.00963. The molecule has 1 rings (SSSR count). The van der Waals surface area contributed by atoms with Crippen LogP contribution in [-0.2, 0) is 0 Å². The van der Waals surface area contributed by atoms with Crippen LogP contribution in [0, 0.1) is 25.2 Å². The standard InChI is InChI=1S/C13H15NO2/c1-9-7-11(12(15)5-4-6-14)8-10(2)13(9)16-3/h7-8H,4-5H2,1-3H3. The molecule has 0 N–H and O–H groups in total. The summed E-state index contributed by atoms with van der Waals surface area (Å²) in [4.78, 5) is 11.7. The predicted octanol–water partition coefficient (Wildman–Crippen LogP) is 2.80. The molecule has 0 heterocycles. The van der Waals surface area contributed by atoms with Gasteiger partial charge >= 0.3 is 0 Å². The van der Waals surface area contributed by atoms with Crippen LogP contribution in [0.25, 0.3) is 0 Å². The molecule has 3 nitrogen and oxygen atoms in total. The van der Waals surface area contributed by atoms with Gasteiger partial charge in [0.25, 0.3) is 0 Å². The van der Waals surface area contributed by atoms with Crippen LogP contribution >= 0.6 is 0 Å². The van der Waals surface area contributed by atoms with Crippen molar-refractivity contribution in [3.63, 3.8) is 0 Å². The topological polar surface area (TPSA) is 50.1 Å². The summed E-state index contributed by atoms with van der Waals surface area (Å²) in [5.41, 5.74) is 2.55. The van der Waals surface area contributed by atoms with Gasteiger partial charge in [0.2, 0.25) is 0 Å². The molecule has 0 bridgehead atoms. The number of ketones is 1. The monoisotopic (exact) mass is 217 g/mol. The molecular weight excluding hydrogens is 202 g/mol. The van der Waals surface area contributed by atoms with E-state index in [1.54, 1.807) is 7.11 Å². The first-order valence-corrected chi connectivity index (χ1v) is 5.15. The van der Waals surface area contributed by atoms with Crippen LogP contribution in [0.4, 0.5) is 0 Å². The lowest BCUT2D eigenvalue weighted by atomic mass is 10.0. The van der Waals surface area contributed by atoms with E-state index in [0.717, 1.165) is 16.9 Å². The molecule has 0 unspecified atom stereocenters. The highest BCUT2D eigenvalue weighted by molar-refractivity contribution is 5.96. The second-order valence-corrected chi connectivity index (χ2v) is 3.72. The molecule has 1 aromatic rings. The van der Waals surface area contributed by atoms with Gasteiger partial charge in [-0.1, -0.05) is 0 Å². The number of rotatable bonds is 4. The highest BCUT2D eigenvalue weighted by atomic mass is 16.5. The average molecular weight is 217 g/mol. The zero-order valence-electron chi connectivity index (χ0n) is 9.83. The minimum atomic E-state index is 0.00963. The van der Waals surface area contributed by atoms with E-state index in [0.29, 0.717) is 5.56 Å². The van der Waals surface area contributed by atoms with Crippen molar-refractivity contribution in [2.75, 3.05) is 7.11 Å². The fourth-order valence-electron chi connectivity index (χ4n) is 1.75. The molecule has 0 atom stereocenters. The smallest absolute Gasteiger partial charge is 0.163 e. The van der Waals surface area contributed by atoms with E-state index in [1.807, 2.05) is 32.0 Å². The molecule has 0 aliphatic heterocycles. The lowest BCUT2D eigenvalue weighted by molar-refractivity contribution is 0.0984. The van der Waals surface area contributed by atoms with Crippen molar-refractivity contribution in [2.24, 2.45) is 0 Å². The molecule has 0 aliphatic rings. The molecule has 0 fully saturated rings. The zero-order chi connectivity index (χ0) is 12.1. The first-order chi connectivity index (χ1) is 7.60. The van der Waals surface area contributed by atoms with E-state index in [2.05, 4.69) is 0 Å². The molecule has 0 saturated carbocycles. The fourth-order valence-corrected chi connectivity index (χ4v) is 1.75. The van der Waals surface area contributed by atoms with Crippen molar-refractivity contribution >= 4 is 5.78 Å². The summed E-state index contributed by atoms with van der Waals surface area (Å²) in [6.07, 6.45) is 0.546. The molecule has 3 heteroatoms. The summed E-state index contributed by atoms with van der Waals surface area (Å²) < 4.78 is 5.23. The van der Waals surface area contributed by atoms with Gasteiger partial charge in [0.1, 0.15) is 5.75 Å². The predicted molar refractivity (Wildman–Crippen MR) is 61.6 cm³/mol. The number of carbonyl (C=O) groups excluding carboxylic acids is 1. The number of aryl methyl sites for hydroxylation is 2. The van der Waals surface area contributed by atoms with Crippen LogP contribution in [0.1, 0.15) is 34.3 Å². The van der Waals surface area contributed by atoms with E-state index in [1.165, 1.54) is 0 Å². The zero-order valence-corrected chi connectivity index (χ0v) is 9.83. The third-order valence-corrected chi connectivity index (χ3v) is 2.45. The maximum absolute atomic E-state index is 11.7. The number of hydrogen-bond acceptors (Lipinski definition) is 3. The molecule has 16 heavy (non-hydrogen) atoms. The van der Waals surface area contributed by atoms with Crippen LogP contribution in [0.15, 0.2) is 12.1 Å². The van der Waals surface area contributed by atoms with Crippen LogP contribution in [0.2, 0.25) is 0 Å². The minimum Gasteiger partial charge on any atom is -0.496 e. The van der Waals surface area contributed by atoms with E-state index in [4.69, 9.17) is 10.00 Å². The van der Waals surface area contributed by atoms with Gasteiger partial charge in [-0.25, -0.2) is 0 Å². The van der Waals surface area contributed by atoms with Crippen LogP contribution in [-0.4, -0.2) is 12.9 Å². The highest BCUT2D eigenvalue weighted by Gasteiger charge is 2.10. The van der Waals surface area contributed by atoms with Crippen molar-refractivity contribution in [2.45, 2.75) is 26.7 Å². The van der Waals surface area contributed by atoms with E-state index >= 15 is 0 Å². The highest BCUT2D eigenvalue weighted by Crippen LogP contribution is 2.24. The Labute approximate surface area is 95.7 Å². The Bertz CT molecular complexity index is 421. The van der Waals surface area contributed by atoms with Crippen molar-refractivity contribution in [3.05, 3.63) is 28.8 Å². The summed E-state index contributed by atoms with van der Waals surface area (Å²) in [5, 5.41) is 8.43. The number of carbonyl (C=O) groups is 1. The van der Waals surface area contributed by atoms with Crippen molar-refractivity contribution in [3.8, 4) is 11.8 Å². The summed E-state index contributed by atoms with van der Waals surface area (Å²) >= 11 is 0. The number of ether oxygens (including phenoxy) is 1. The first-order valence-electron chi connectivity index (χ1n) is 5.15. The van der Waals surface area contributed by atoms with Crippen molar-refractivity contribution < 1.29 is 9.53 Å². The van der Waals surface area contributed by atoms with Crippen molar-refractivity contribution in [1.29, 1.82) is 5.26 Å². The molecule has 0 spiro atoms. The van der Waals surface area contributed by atoms with Gasteiger partial charge in [-0.15, -0.1) is 0 Å². The van der Waals surface area contributed by atoms with Crippen LogP contribution < -0.4 is 4.74 Å². The lowest BCUT2D eigenvalue weighted by Crippen LogP contribution is -2.01. The Morgan fingerprint density at radius 3 is 2.38 bits per heavy atom. The third kappa shape index (κ3) is 2.60. The molecule has 0 aliphatic carbocycles. The second-order valence-electron chi connectivity index (χ2n) is 3.72. The number of Topliss-reactive ketones (excluding diaryl/α,β-unsaturated/α-hetero) is 1. The average Bonchev–Trinajstić information content (AvgIpc) is 2.25. The quantitative estimate of drug-likeness (QED) is 0.728. The second kappa shape index (κ2) is 5.32. The fraction of sp³-hybridized carbons (Fsp3) is 0.385. The lowest BCUT2D eigenvalue weighted by Gasteiger charge is -2.10. The Morgan fingerprint density at radius 1 is 1.38 bits per heavy atom. The van der Waals surface area contributed by atoms with Gasteiger partial charge in [0.15, 0.2) is 5.78 Å². The summed E-state index contributed by atoms with van der Waals surface area (Å²) in [5.74, 6) is 0.826. The largest absolute Gasteiger partial charge is 0.496 e. The molecular formula is C13H15NO2. The summed E-state index contributed by atoms with van der Waals surface area (Å²) in [6.45, 7) is 3.82. The Balaban J connectivity index is 3.00. The van der Waals surface area contributed by atoms with Gasteiger partial charge in [-0.2, -0.15) is 5.26 Å². The van der Waals surface area contributed by atoms with E-state index in [-0.39, 0.29) is 18.6 Å². The Morgan fingerprint density at radius 2 is 1.94 bits per heavy atom. The molecule has 84 valence electrons. The number of hydrogen-bond donors (Lipinski definition) is 0. The third-order valence-electron chi connectivity index (χ3n) is 2.45. The number of nitrogens with zero attached hydrogens (tertiary/aromatic N) is 1. The normalized spacial score (nSPS) is 9.62.